The molecule has 0 atom stereocenters. The predicted octanol–water partition coefficient (Wildman–Crippen LogP) is 1.45. The minimum atomic E-state index is -0.0644. The van der Waals surface area contributed by atoms with Gasteiger partial charge in [-0.05, 0) is 31.7 Å². The first-order chi connectivity index (χ1) is 9.19. The largest absolute Gasteiger partial charge is 0.347 e. The van der Waals surface area contributed by atoms with Crippen LogP contribution in [-0.4, -0.2) is 23.0 Å². The van der Waals surface area contributed by atoms with E-state index >= 15 is 0 Å². The first kappa shape index (κ1) is 13.6. The molecular weight excluding hydrogens is 238 g/mol. The third-order valence-electron chi connectivity index (χ3n) is 3.70. The summed E-state index contributed by atoms with van der Waals surface area (Å²) in [6, 6.07) is 1.76. The minimum absolute atomic E-state index is 0.00394. The second-order valence-electron chi connectivity index (χ2n) is 4.91. The van der Waals surface area contributed by atoms with Crippen molar-refractivity contribution in [1.29, 1.82) is 0 Å². The van der Waals surface area contributed by atoms with E-state index in [1.165, 1.54) is 6.42 Å². The summed E-state index contributed by atoms with van der Waals surface area (Å²) < 4.78 is 0. The number of carbonyl (C=O) groups excluding carboxylic acids is 1. The number of nitrogens with one attached hydrogen (secondary N) is 1. The molecule has 0 aromatic carbocycles. The van der Waals surface area contributed by atoms with Crippen LogP contribution in [0.1, 0.15) is 48.5 Å². The second kappa shape index (κ2) is 5.85. The van der Waals surface area contributed by atoms with Gasteiger partial charge < -0.3 is 11.1 Å². The van der Waals surface area contributed by atoms with Crippen molar-refractivity contribution in [2.75, 3.05) is 6.54 Å². The zero-order valence-corrected chi connectivity index (χ0v) is 11.2. The Morgan fingerprint density at radius 2 is 2.32 bits per heavy atom. The van der Waals surface area contributed by atoms with Crippen LogP contribution in [0, 0.1) is 11.8 Å². The summed E-state index contributed by atoms with van der Waals surface area (Å²) in [4.78, 5) is 16.3. The highest BCUT2D eigenvalue weighted by Crippen LogP contribution is 2.34. The molecule has 2 rings (SSSR count). The summed E-state index contributed by atoms with van der Waals surface area (Å²) in [7, 11) is 0. The molecule has 4 heteroatoms. The van der Waals surface area contributed by atoms with Crippen LogP contribution >= 0.6 is 0 Å². The van der Waals surface area contributed by atoms with E-state index in [0.29, 0.717) is 12.1 Å². The number of amides is 1. The molecule has 1 aromatic rings. The van der Waals surface area contributed by atoms with Gasteiger partial charge in [0.25, 0.3) is 5.91 Å². The fraction of sp³-hybridized carbons (Fsp3) is 0.467. The fourth-order valence-corrected chi connectivity index (χ4v) is 2.27. The molecule has 4 nitrogen and oxygen atoms in total. The fourth-order valence-electron chi connectivity index (χ4n) is 2.27. The Hall–Kier alpha value is -1.86. The highest BCUT2D eigenvalue weighted by Gasteiger charge is 2.36. The smallest absolute Gasteiger partial charge is 0.253 e. The topological polar surface area (TPSA) is 68.0 Å². The van der Waals surface area contributed by atoms with Gasteiger partial charge in [0.2, 0.25) is 0 Å². The Morgan fingerprint density at radius 3 is 2.89 bits per heavy atom. The molecule has 1 saturated carbocycles. The van der Waals surface area contributed by atoms with Crippen molar-refractivity contribution in [2.24, 2.45) is 5.73 Å². The molecule has 1 aliphatic rings. The van der Waals surface area contributed by atoms with E-state index in [-0.39, 0.29) is 11.4 Å². The highest BCUT2D eigenvalue weighted by molar-refractivity contribution is 5.94. The first-order valence-corrected chi connectivity index (χ1v) is 6.65. The molecule has 0 unspecified atom stereocenters. The number of nitrogens with zero attached hydrogens (tertiary/aromatic N) is 1. The van der Waals surface area contributed by atoms with E-state index in [4.69, 9.17) is 5.73 Å². The van der Waals surface area contributed by atoms with Crippen molar-refractivity contribution in [3.63, 3.8) is 0 Å². The molecule has 0 saturated heterocycles. The van der Waals surface area contributed by atoms with Crippen LogP contribution in [0.15, 0.2) is 18.5 Å². The summed E-state index contributed by atoms with van der Waals surface area (Å²) in [5.74, 6) is 5.58. The zero-order chi connectivity index (χ0) is 13.7. The lowest BCUT2D eigenvalue weighted by atomic mass is 9.74. The summed E-state index contributed by atoms with van der Waals surface area (Å²) in [6.07, 6.45) is 7.50. The number of pyridine rings is 1. The normalized spacial score (nSPS) is 15.9. The second-order valence-corrected chi connectivity index (χ2v) is 4.91. The number of hydrogen-bond acceptors (Lipinski definition) is 3. The van der Waals surface area contributed by atoms with Gasteiger partial charge in [0, 0.05) is 23.5 Å². The van der Waals surface area contributed by atoms with Crippen LogP contribution < -0.4 is 11.1 Å². The third-order valence-corrected chi connectivity index (χ3v) is 3.70. The number of carbonyl (C=O) groups is 1. The van der Waals surface area contributed by atoms with Crippen molar-refractivity contribution in [3.8, 4) is 11.8 Å². The molecule has 1 fully saturated rings. The van der Waals surface area contributed by atoms with Crippen LogP contribution in [0.4, 0.5) is 0 Å². The maximum atomic E-state index is 12.2. The number of aromatic nitrogens is 1. The number of rotatable bonds is 3. The maximum absolute atomic E-state index is 12.2. The van der Waals surface area contributed by atoms with Crippen LogP contribution in [0.2, 0.25) is 0 Å². The van der Waals surface area contributed by atoms with Crippen LogP contribution in [0.25, 0.3) is 0 Å². The zero-order valence-electron chi connectivity index (χ0n) is 11.2. The molecule has 1 heterocycles. The van der Waals surface area contributed by atoms with Gasteiger partial charge in [-0.25, -0.2) is 0 Å². The molecule has 100 valence electrons. The molecule has 3 N–H and O–H groups in total. The van der Waals surface area contributed by atoms with Crippen LogP contribution in [0.5, 0.6) is 0 Å². The molecule has 1 aromatic heterocycles. The van der Waals surface area contributed by atoms with Crippen molar-refractivity contribution >= 4 is 5.91 Å². The van der Waals surface area contributed by atoms with Gasteiger partial charge >= 0.3 is 0 Å². The molecule has 0 radical (unpaired) electrons. The van der Waals surface area contributed by atoms with Gasteiger partial charge in [-0.2, -0.15) is 0 Å². The molecule has 0 spiro atoms. The SMILES string of the molecule is CCC1(NC(=O)c2cncc(C#CCN)c2)CCC1. The average Bonchev–Trinajstić information content (AvgIpc) is 2.40. The van der Waals surface area contributed by atoms with Crippen LogP contribution in [-0.2, 0) is 0 Å². The van der Waals surface area contributed by atoms with Gasteiger partial charge in [-0.3, -0.25) is 9.78 Å². The summed E-state index contributed by atoms with van der Waals surface area (Å²) in [6.45, 7) is 2.41. The van der Waals surface area contributed by atoms with Crippen molar-refractivity contribution in [2.45, 2.75) is 38.1 Å². The van der Waals surface area contributed by atoms with Gasteiger partial charge in [-0.15, -0.1) is 0 Å². The lowest BCUT2D eigenvalue weighted by Gasteiger charge is -2.42. The Bertz CT molecular complexity index is 518. The molecule has 1 amide bonds. The van der Waals surface area contributed by atoms with E-state index in [1.807, 2.05) is 0 Å². The van der Waals surface area contributed by atoms with E-state index < -0.39 is 0 Å². The number of nitrogens with two attached hydrogens (primary N) is 1. The Balaban J connectivity index is 2.10. The van der Waals surface area contributed by atoms with E-state index in [0.717, 1.165) is 24.8 Å². The average molecular weight is 257 g/mol. The Labute approximate surface area is 113 Å². The molecule has 19 heavy (non-hydrogen) atoms. The Morgan fingerprint density at radius 1 is 1.53 bits per heavy atom. The highest BCUT2D eigenvalue weighted by atomic mass is 16.1. The molecule has 1 aliphatic carbocycles. The minimum Gasteiger partial charge on any atom is -0.347 e. The number of hydrogen-bond donors (Lipinski definition) is 2. The first-order valence-electron chi connectivity index (χ1n) is 6.65. The summed E-state index contributed by atoms with van der Waals surface area (Å²) >= 11 is 0. The van der Waals surface area contributed by atoms with Crippen molar-refractivity contribution in [3.05, 3.63) is 29.6 Å². The van der Waals surface area contributed by atoms with Gasteiger partial charge in [0.1, 0.15) is 0 Å². The van der Waals surface area contributed by atoms with Crippen molar-refractivity contribution in [1.82, 2.24) is 10.3 Å². The van der Waals surface area contributed by atoms with E-state index in [1.54, 1.807) is 18.5 Å². The third kappa shape index (κ3) is 3.12. The predicted molar refractivity (Wildman–Crippen MR) is 74.5 cm³/mol. The van der Waals surface area contributed by atoms with Crippen molar-refractivity contribution < 1.29 is 4.79 Å². The quantitative estimate of drug-likeness (QED) is 0.805. The maximum Gasteiger partial charge on any atom is 0.253 e. The summed E-state index contributed by atoms with van der Waals surface area (Å²) in [5.41, 5.74) is 6.60. The lowest BCUT2D eigenvalue weighted by Crippen LogP contribution is -2.53. The van der Waals surface area contributed by atoms with Gasteiger partial charge in [0.05, 0.1) is 12.1 Å². The monoisotopic (exact) mass is 257 g/mol. The molecule has 0 bridgehead atoms. The standard InChI is InChI=1S/C15H19N3O/c1-2-15(6-4-7-15)18-14(19)13-9-12(5-3-8-16)10-17-11-13/h9-11H,2,4,6-8,16H2,1H3,(H,18,19). The molecule has 0 aliphatic heterocycles. The Kier molecular flexibility index (Phi) is 4.18. The van der Waals surface area contributed by atoms with Gasteiger partial charge in [0.15, 0.2) is 0 Å². The van der Waals surface area contributed by atoms with E-state index in [2.05, 4.69) is 29.1 Å². The van der Waals surface area contributed by atoms with E-state index in [9.17, 15) is 4.79 Å². The van der Waals surface area contributed by atoms with Gasteiger partial charge in [-0.1, -0.05) is 18.8 Å². The lowest BCUT2D eigenvalue weighted by molar-refractivity contribution is 0.0820. The summed E-state index contributed by atoms with van der Waals surface area (Å²) in [5, 5.41) is 3.13. The van der Waals surface area contributed by atoms with Crippen LogP contribution in [0.3, 0.4) is 0 Å². The molecular formula is C15H19N3O.